The summed E-state index contributed by atoms with van der Waals surface area (Å²) in [6.07, 6.45) is 0. The van der Waals surface area contributed by atoms with Crippen molar-refractivity contribution in [3.05, 3.63) is 29.3 Å². The number of rotatable bonds is 1. The summed E-state index contributed by atoms with van der Waals surface area (Å²) in [5.41, 5.74) is 3.23. The Morgan fingerprint density at radius 2 is 2.00 bits per heavy atom. The van der Waals surface area contributed by atoms with E-state index in [1.54, 1.807) is 4.90 Å². The van der Waals surface area contributed by atoms with Crippen LogP contribution in [0.4, 0.5) is 10.5 Å². The number of carbonyl (C=O) groups excluding carboxylic acids is 1. The number of halogens is 1. The molecule has 2 amide bonds. The molecular weight excluding hydrogens is 240 g/mol. The molecule has 0 aliphatic carbocycles. The highest BCUT2D eigenvalue weighted by molar-refractivity contribution is 6.30. The number of amides is 2. The van der Waals surface area contributed by atoms with Gasteiger partial charge in [-0.1, -0.05) is 17.7 Å². The topological polar surface area (TPSA) is 61.6 Å². The molecule has 1 aromatic rings. The molecule has 17 heavy (non-hydrogen) atoms. The fourth-order valence-electron chi connectivity index (χ4n) is 1.93. The van der Waals surface area contributed by atoms with Gasteiger partial charge in [0.2, 0.25) is 0 Å². The van der Waals surface area contributed by atoms with Gasteiger partial charge in [0, 0.05) is 36.9 Å². The molecule has 0 radical (unpaired) electrons. The third-order valence-electron chi connectivity index (χ3n) is 2.86. The SMILES string of the molecule is NNC(=O)N1CCN(c2cccc(Cl)c2)CC1. The van der Waals surface area contributed by atoms with E-state index >= 15 is 0 Å². The summed E-state index contributed by atoms with van der Waals surface area (Å²) in [5.74, 6) is 5.10. The Bertz CT molecular complexity index is 404. The van der Waals surface area contributed by atoms with Crippen LogP contribution >= 0.6 is 11.6 Å². The molecule has 0 saturated carbocycles. The lowest BCUT2D eigenvalue weighted by Crippen LogP contribution is -2.53. The molecule has 1 aromatic carbocycles. The number of hydrazine groups is 1. The first-order valence-electron chi connectivity index (χ1n) is 5.47. The molecule has 1 fully saturated rings. The van der Waals surface area contributed by atoms with Gasteiger partial charge < -0.3 is 9.80 Å². The molecule has 0 spiro atoms. The van der Waals surface area contributed by atoms with Gasteiger partial charge in [-0.2, -0.15) is 0 Å². The maximum absolute atomic E-state index is 11.3. The number of benzene rings is 1. The van der Waals surface area contributed by atoms with E-state index < -0.39 is 0 Å². The lowest BCUT2D eigenvalue weighted by Gasteiger charge is -2.35. The van der Waals surface area contributed by atoms with Crippen LogP contribution in [0.25, 0.3) is 0 Å². The average Bonchev–Trinajstić information content (AvgIpc) is 2.38. The summed E-state index contributed by atoms with van der Waals surface area (Å²) in [4.78, 5) is 15.2. The number of nitrogens with zero attached hydrogens (tertiary/aromatic N) is 2. The van der Waals surface area contributed by atoms with E-state index in [1.807, 2.05) is 24.3 Å². The van der Waals surface area contributed by atoms with Crippen LogP contribution in [0, 0.1) is 0 Å². The second-order valence-electron chi connectivity index (χ2n) is 3.90. The van der Waals surface area contributed by atoms with E-state index in [-0.39, 0.29) is 6.03 Å². The number of carbonyl (C=O) groups is 1. The Morgan fingerprint density at radius 1 is 1.29 bits per heavy atom. The average molecular weight is 255 g/mol. The van der Waals surface area contributed by atoms with Gasteiger partial charge in [-0.3, -0.25) is 5.43 Å². The highest BCUT2D eigenvalue weighted by atomic mass is 35.5. The number of nitrogens with two attached hydrogens (primary N) is 1. The number of nitrogens with one attached hydrogen (secondary N) is 1. The Balaban J connectivity index is 1.97. The molecule has 1 heterocycles. The van der Waals surface area contributed by atoms with Crippen LogP contribution in [0.1, 0.15) is 0 Å². The van der Waals surface area contributed by atoms with Crippen LogP contribution in [-0.2, 0) is 0 Å². The van der Waals surface area contributed by atoms with Gasteiger partial charge in [0.25, 0.3) is 0 Å². The molecule has 1 saturated heterocycles. The number of piperazine rings is 1. The molecule has 3 N–H and O–H groups in total. The van der Waals surface area contributed by atoms with Crippen LogP contribution in [0.5, 0.6) is 0 Å². The van der Waals surface area contributed by atoms with E-state index in [9.17, 15) is 4.79 Å². The van der Waals surface area contributed by atoms with Gasteiger partial charge >= 0.3 is 6.03 Å². The van der Waals surface area contributed by atoms with Crippen molar-refractivity contribution in [1.29, 1.82) is 0 Å². The van der Waals surface area contributed by atoms with Gasteiger partial charge in [-0.15, -0.1) is 0 Å². The maximum atomic E-state index is 11.3. The van der Waals surface area contributed by atoms with Gasteiger partial charge in [0.1, 0.15) is 0 Å². The molecular formula is C11H15ClN4O. The lowest BCUT2D eigenvalue weighted by atomic mass is 10.2. The fraction of sp³-hybridized carbons (Fsp3) is 0.364. The first kappa shape index (κ1) is 12.0. The molecule has 92 valence electrons. The summed E-state index contributed by atoms with van der Waals surface area (Å²) in [5, 5.41) is 0.727. The standard InChI is InChI=1S/C11H15ClN4O/c12-9-2-1-3-10(8-9)15-4-6-16(7-5-15)11(17)14-13/h1-3,8H,4-7,13H2,(H,14,17). The Hall–Kier alpha value is -1.46. The number of hydrogen-bond donors (Lipinski definition) is 2. The van der Waals surface area contributed by atoms with E-state index in [0.717, 1.165) is 23.8 Å². The predicted octanol–water partition coefficient (Wildman–Crippen LogP) is 1.05. The van der Waals surface area contributed by atoms with Gasteiger partial charge in [0.05, 0.1) is 0 Å². The number of hydrogen-bond acceptors (Lipinski definition) is 3. The van der Waals surface area contributed by atoms with E-state index in [1.165, 1.54) is 0 Å². The minimum absolute atomic E-state index is 0.226. The van der Waals surface area contributed by atoms with Crippen molar-refractivity contribution >= 4 is 23.3 Å². The van der Waals surface area contributed by atoms with Crippen molar-refractivity contribution in [3.63, 3.8) is 0 Å². The van der Waals surface area contributed by atoms with E-state index in [4.69, 9.17) is 17.4 Å². The Labute approximate surface area is 105 Å². The van der Waals surface area contributed by atoms with E-state index in [2.05, 4.69) is 10.3 Å². The fourth-order valence-corrected chi connectivity index (χ4v) is 2.12. The van der Waals surface area contributed by atoms with Gasteiger partial charge in [-0.25, -0.2) is 10.6 Å². The zero-order chi connectivity index (χ0) is 12.3. The molecule has 2 rings (SSSR count). The van der Waals surface area contributed by atoms with Crippen LogP contribution < -0.4 is 16.2 Å². The van der Waals surface area contributed by atoms with Crippen molar-refractivity contribution < 1.29 is 4.79 Å². The van der Waals surface area contributed by atoms with Crippen LogP contribution in [0.3, 0.4) is 0 Å². The summed E-state index contributed by atoms with van der Waals surface area (Å²) >= 11 is 5.95. The molecule has 1 aliphatic heterocycles. The number of urea groups is 1. The minimum atomic E-state index is -0.226. The Morgan fingerprint density at radius 3 is 2.59 bits per heavy atom. The lowest BCUT2D eigenvalue weighted by molar-refractivity contribution is 0.194. The summed E-state index contributed by atoms with van der Waals surface area (Å²) in [6.45, 7) is 2.90. The monoisotopic (exact) mass is 254 g/mol. The zero-order valence-corrected chi connectivity index (χ0v) is 10.2. The Kier molecular flexibility index (Phi) is 3.71. The van der Waals surface area contributed by atoms with Crippen molar-refractivity contribution in [2.24, 2.45) is 5.84 Å². The molecule has 0 bridgehead atoms. The molecule has 5 nitrogen and oxygen atoms in total. The van der Waals surface area contributed by atoms with Crippen molar-refractivity contribution in [1.82, 2.24) is 10.3 Å². The van der Waals surface area contributed by atoms with Crippen molar-refractivity contribution in [2.45, 2.75) is 0 Å². The molecule has 0 aromatic heterocycles. The second-order valence-corrected chi connectivity index (χ2v) is 4.34. The summed E-state index contributed by atoms with van der Waals surface area (Å²) < 4.78 is 0. The van der Waals surface area contributed by atoms with Crippen molar-refractivity contribution in [3.8, 4) is 0 Å². The van der Waals surface area contributed by atoms with Crippen LogP contribution in [0.15, 0.2) is 24.3 Å². The van der Waals surface area contributed by atoms with Gasteiger partial charge in [0.15, 0.2) is 0 Å². The quantitative estimate of drug-likeness (QED) is 0.447. The third kappa shape index (κ3) is 2.81. The van der Waals surface area contributed by atoms with Crippen molar-refractivity contribution in [2.75, 3.05) is 31.1 Å². The first-order chi connectivity index (χ1) is 8.20. The molecule has 6 heteroatoms. The smallest absolute Gasteiger partial charge is 0.331 e. The molecule has 0 unspecified atom stereocenters. The maximum Gasteiger partial charge on any atom is 0.331 e. The zero-order valence-electron chi connectivity index (χ0n) is 9.40. The molecule has 1 aliphatic rings. The van der Waals surface area contributed by atoms with Crippen LogP contribution in [-0.4, -0.2) is 37.1 Å². The first-order valence-corrected chi connectivity index (χ1v) is 5.84. The second kappa shape index (κ2) is 5.25. The minimum Gasteiger partial charge on any atom is -0.368 e. The highest BCUT2D eigenvalue weighted by Gasteiger charge is 2.20. The summed E-state index contributed by atoms with van der Waals surface area (Å²) in [6, 6.07) is 7.50. The number of anilines is 1. The summed E-state index contributed by atoms with van der Waals surface area (Å²) in [7, 11) is 0. The van der Waals surface area contributed by atoms with E-state index in [0.29, 0.717) is 13.1 Å². The highest BCUT2D eigenvalue weighted by Crippen LogP contribution is 2.20. The molecule has 0 atom stereocenters. The normalized spacial score (nSPS) is 15.9. The third-order valence-corrected chi connectivity index (χ3v) is 3.10. The largest absolute Gasteiger partial charge is 0.368 e. The van der Waals surface area contributed by atoms with Gasteiger partial charge in [-0.05, 0) is 18.2 Å². The van der Waals surface area contributed by atoms with Crippen LogP contribution in [0.2, 0.25) is 5.02 Å². The predicted molar refractivity (Wildman–Crippen MR) is 68.0 cm³/mol.